The van der Waals surface area contributed by atoms with Gasteiger partial charge in [0, 0.05) is 44.7 Å². The lowest BCUT2D eigenvalue weighted by Gasteiger charge is -2.36. The SMILES string of the molecule is Cc1ccc(-c2nnc(C(C)N3CCN(Cc4ccc5c(c4)CCO5)CC3)o2)cc1. The molecule has 3 aromatic rings. The van der Waals surface area contributed by atoms with E-state index in [0.717, 1.165) is 57.1 Å². The van der Waals surface area contributed by atoms with Crippen molar-refractivity contribution in [1.29, 1.82) is 0 Å². The molecule has 1 fully saturated rings. The Bertz CT molecular complexity index is 1010. The van der Waals surface area contributed by atoms with E-state index in [2.05, 4.69) is 64.2 Å². The van der Waals surface area contributed by atoms with E-state index in [1.54, 1.807) is 0 Å². The highest BCUT2D eigenvalue weighted by atomic mass is 16.5. The molecule has 2 aliphatic rings. The first-order valence-corrected chi connectivity index (χ1v) is 10.8. The van der Waals surface area contributed by atoms with Crippen LogP contribution in [0.4, 0.5) is 0 Å². The van der Waals surface area contributed by atoms with Crippen LogP contribution in [0, 0.1) is 6.92 Å². The monoisotopic (exact) mass is 404 g/mol. The number of benzene rings is 2. The molecule has 0 radical (unpaired) electrons. The van der Waals surface area contributed by atoms with Crippen LogP contribution in [0.25, 0.3) is 11.5 Å². The van der Waals surface area contributed by atoms with Crippen LogP contribution >= 0.6 is 0 Å². The molecule has 6 heteroatoms. The molecule has 1 unspecified atom stereocenters. The Labute approximate surface area is 177 Å². The van der Waals surface area contributed by atoms with E-state index in [1.165, 1.54) is 16.7 Å². The fourth-order valence-electron chi connectivity index (χ4n) is 4.28. The number of rotatable bonds is 5. The quantitative estimate of drug-likeness (QED) is 0.644. The van der Waals surface area contributed by atoms with Crippen molar-refractivity contribution in [2.75, 3.05) is 32.8 Å². The van der Waals surface area contributed by atoms with Crippen molar-refractivity contribution in [3.8, 4) is 17.2 Å². The molecule has 156 valence electrons. The molecule has 6 nitrogen and oxygen atoms in total. The number of ether oxygens (including phenoxy) is 1. The van der Waals surface area contributed by atoms with Crippen molar-refractivity contribution >= 4 is 0 Å². The third-order valence-electron chi connectivity index (χ3n) is 6.21. The van der Waals surface area contributed by atoms with E-state index in [0.29, 0.717) is 11.8 Å². The highest BCUT2D eigenvalue weighted by molar-refractivity contribution is 5.52. The van der Waals surface area contributed by atoms with Gasteiger partial charge in [-0.25, -0.2) is 0 Å². The topological polar surface area (TPSA) is 54.6 Å². The minimum atomic E-state index is 0.121. The molecule has 0 N–H and O–H groups in total. The van der Waals surface area contributed by atoms with Gasteiger partial charge >= 0.3 is 0 Å². The third kappa shape index (κ3) is 3.98. The Hall–Kier alpha value is -2.70. The summed E-state index contributed by atoms with van der Waals surface area (Å²) >= 11 is 0. The van der Waals surface area contributed by atoms with Gasteiger partial charge in [0.15, 0.2) is 0 Å². The average Bonchev–Trinajstić information content (AvgIpc) is 3.44. The second-order valence-corrected chi connectivity index (χ2v) is 8.34. The summed E-state index contributed by atoms with van der Waals surface area (Å²) in [6, 6.07) is 14.9. The lowest BCUT2D eigenvalue weighted by Crippen LogP contribution is -2.46. The zero-order chi connectivity index (χ0) is 20.5. The van der Waals surface area contributed by atoms with Crippen LogP contribution in [0.1, 0.15) is 35.5 Å². The molecule has 0 aliphatic carbocycles. The van der Waals surface area contributed by atoms with Gasteiger partial charge in [-0.2, -0.15) is 0 Å². The normalized spacial score (nSPS) is 18.2. The van der Waals surface area contributed by atoms with Crippen molar-refractivity contribution in [3.05, 3.63) is 65.0 Å². The lowest BCUT2D eigenvalue weighted by atomic mass is 10.1. The van der Waals surface area contributed by atoms with Crippen LogP contribution in [0.2, 0.25) is 0 Å². The zero-order valence-electron chi connectivity index (χ0n) is 17.7. The fraction of sp³-hybridized carbons (Fsp3) is 0.417. The van der Waals surface area contributed by atoms with E-state index in [4.69, 9.17) is 9.15 Å². The van der Waals surface area contributed by atoms with Gasteiger partial charge in [0.2, 0.25) is 11.8 Å². The molecule has 1 aromatic heterocycles. The first kappa shape index (κ1) is 19.3. The number of hydrogen-bond acceptors (Lipinski definition) is 6. The molecular weight excluding hydrogens is 376 g/mol. The van der Waals surface area contributed by atoms with Gasteiger partial charge < -0.3 is 9.15 Å². The predicted octanol–water partition coefficient (Wildman–Crippen LogP) is 3.86. The smallest absolute Gasteiger partial charge is 0.247 e. The van der Waals surface area contributed by atoms with E-state index in [9.17, 15) is 0 Å². The summed E-state index contributed by atoms with van der Waals surface area (Å²) in [6.07, 6.45) is 1.03. The highest BCUT2D eigenvalue weighted by Gasteiger charge is 2.26. The van der Waals surface area contributed by atoms with E-state index < -0.39 is 0 Å². The summed E-state index contributed by atoms with van der Waals surface area (Å²) in [5.41, 5.74) is 4.91. The van der Waals surface area contributed by atoms with Crippen LogP contribution < -0.4 is 4.74 Å². The molecule has 2 aliphatic heterocycles. The van der Waals surface area contributed by atoms with E-state index in [-0.39, 0.29) is 6.04 Å². The predicted molar refractivity (Wildman–Crippen MR) is 115 cm³/mol. The van der Waals surface area contributed by atoms with Crippen molar-refractivity contribution in [3.63, 3.8) is 0 Å². The molecule has 1 saturated heterocycles. The Kier molecular flexibility index (Phi) is 5.27. The number of hydrogen-bond donors (Lipinski definition) is 0. The molecule has 3 heterocycles. The zero-order valence-corrected chi connectivity index (χ0v) is 17.7. The number of aromatic nitrogens is 2. The average molecular weight is 405 g/mol. The lowest BCUT2D eigenvalue weighted by molar-refractivity contribution is 0.0876. The van der Waals surface area contributed by atoms with Crippen LogP contribution in [-0.4, -0.2) is 52.8 Å². The number of piperazine rings is 1. The molecular formula is C24H28N4O2. The standard InChI is InChI=1S/C24H28N4O2/c1-17-3-6-20(7-4-17)24-26-25-23(30-24)18(2)28-12-10-27(11-13-28)16-19-5-8-22-21(15-19)9-14-29-22/h3-8,15,18H,9-14,16H2,1-2H3. The summed E-state index contributed by atoms with van der Waals surface area (Å²) in [6.45, 7) is 10.1. The highest BCUT2D eigenvalue weighted by Crippen LogP contribution is 2.28. The second kappa shape index (κ2) is 8.20. The molecule has 2 aromatic carbocycles. The first-order chi connectivity index (χ1) is 14.7. The Morgan fingerprint density at radius 1 is 1.00 bits per heavy atom. The third-order valence-corrected chi connectivity index (χ3v) is 6.21. The minimum Gasteiger partial charge on any atom is -0.493 e. The van der Waals surface area contributed by atoms with Gasteiger partial charge in [-0.3, -0.25) is 9.80 Å². The Balaban J connectivity index is 1.18. The summed E-state index contributed by atoms with van der Waals surface area (Å²) < 4.78 is 11.6. The van der Waals surface area contributed by atoms with Crippen LogP contribution in [-0.2, 0) is 13.0 Å². The fourth-order valence-corrected chi connectivity index (χ4v) is 4.28. The molecule has 30 heavy (non-hydrogen) atoms. The van der Waals surface area contributed by atoms with Crippen molar-refractivity contribution < 1.29 is 9.15 Å². The summed E-state index contributed by atoms with van der Waals surface area (Å²) in [4.78, 5) is 4.95. The number of nitrogens with zero attached hydrogens (tertiary/aromatic N) is 4. The van der Waals surface area contributed by atoms with E-state index >= 15 is 0 Å². The van der Waals surface area contributed by atoms with Gasteiger partial charge in [-0.1, -0.05) is 29.8 Å². The van der Waals surface area contributed by atoms with Crippen molar-refractivity contribution in [1.82, 2.24) is 20.0 Å². The summed E-state index contributed by atoms with van der Waals surface area (Å²) in [5.74, 6) is 2.34. The van der Waals surface area contributed by atoms with E-state index in [1.807, 2.05) is 12.1 Å². The largest absolute Gasteiger partial charge is 0.493 e. The first-order valence-electron chi connectivity index (χ1n) is 10.8. The maximum absolute atomic E-state index is 6.00. The number of fused-ring (bicyclic) bond motifs is 1. The Morgan fingerprint density at radius 3 is 2.60 bits per heavy atom. The van der Waals surface area contributed by atoms with Gasteiger partial charge in [-0.15, -0.1) is 10.2 Å². The van der Waals surface area contributed by atoms with Gasteiger partial charge in [0.05, 0.1) is 12.6 Å². The molecule has 1 atom stereocenters. The van der Waals surface area contributed by atoms with Gasteiger partial charge in [0.1, 0.15) is 5.75 Å². The number of aryl methyl sites for hydroxylation is 1. The summed E-state index contributed by atoms with van der Waals surface area (Å²) in [5, 5.41) is 8.59. The molecule has 0 amide bonds. The Morgan fingerprint density at radius 2 is 1.80 bits per heavy atom. The van der Waals surface area contributed by atoms with Gasteiger partial charge in [-0.05, 0) is 43.2 Å². The summed E-state index contributed by atoms with van der Waals surface area (Å²) in [7, 11) is 0. The maximum Gasteiger partial charge on any atom is 0.247 e. The van der Waals surface area contributed by atoms with Crippen LogP contribution in [0.15, 0.2) is 46.9 Å². The molecule has 0 bridgehead atoms. The molecule has 0 spiro atoms. The van der Waals surface area contributed by atoms with Crippen LogP contribution in [0.5, 0.6) is 5.75 Å². The molecule has 5 rings (SSSR count). The minimum absolute atomic E-state index is 0.121. The van der Waals surface area contributed by atoms with Crippen molar-refractivity contribution in [2.24, 2.45) is 0 Å². The maximum atomic E-state index is 6.00. The van der Waals surface area contributed by atoms with Crippen molar-refractivity contribution in [2.45, 2.75) is 32.9 Å². The second-order valence-electron chi connectivity index (χ2n) is 8.34. The molecule has 0 saturated carbocycles. The van der Waals surface area contributed by atoms with Gasteiger partial charge in [0.25, 0.3) is 0 Å². The van der Waals surface area contributed by atoms with Crippen LogP contribution in [0.3, 0.4) is 0 Å².